The van der Waals surface area contributed by atoms with Gasteiger partial charge < -0.3 is 10.5 Å². The van der Waals surface area contributed by atoms with E-state index >= 15 is 0 Å². The summed E-state index contributed by atoms with van der Waals surface area (Å²) in [7, 11) is 0. The molecule has 1 aliphatic heterocycles. The van der Waals surface area contributed by atoms with Crippen molar-refractivity contribution in [2.45, 2.75) is 32.2 Å². The Morgan fingerprint density at radius 2 is 2.25 bits per heavy atom. The maximum absolute atomic E-state index is 5.80. The van der Waals surface area contributed by atoms with E-state index in [1.807, 2.05) is 12.1 Å². The van der Waals surface area contributed by atoms with Crippen LogP contribution in [-0.4, -0.2) is 37.2 Å². The van der Waals surface area contributed by atoms with E-state index in [2.05, 4.69) is 36.1 Å². The van der Waals surface area contributed by atoms with Crippen molar-refractivity contribution >= 4 is 0 Å². The smallest absolute Gasteiger partial charge is 0.119 e. The first kappa shape index (κ1) is 15.1. The molecule has 0 saturated heterocycles. The molecule has 0 spiro atoms. The third-order valence-electron chi connectivity index (χ3n) is 3.75. The second-order valence-corrected chi connectivity index (χ2v) is 5.43. The van der Waals surface area contributed by atoms with Crippen molar-refractivity contribution in [1.29, 1.82) is 0 Å². The SMILES string of the molecule is Cc1cccc(OCCCCN2CCC=CC2CN)c1. The Labute approximate surface area is 122 Å². The van der Waals surface area contributed by atoms with Gasteiger partial charge in [0.15, 0.2) is 0 Å². The van der Waals surface area contributed by atoms with Crippen molar-refractivity contribution in [2.75, 3.05) is 26.2 Å². The van der Waals surface area contributed by atoms with E-state index in [9.17, 15) is 0 Å². The maximum Gasteiger partial charge on any atom is 0.119 e. The topological polar surface area (TPSA) is 38.5 Å². The van der Waals surface area contributed by atoms with Gasteiger partial charge in [0.25, 0.3) is 0 Å². The molecule has 0 bridgehead atoms. The van der Waals surface area contributed by atoms with Crippen LogP contribution in [0.4, 0.5) is 0 Å². The molecule has 1 atom stereocenters. The van der Waals surface area contributed by atoms with Gasteiger partial charge in [-0.05, 0) is 50.4 Å². The fourth-order valence-corrected chi connectivity index (χ4v) is 2.60. The van der Waals surface area contributed by atoms with Gasteiger partial charge in [-0.15, -0.1) is 0 Å². The Bertz CT molecular complexity index is 431. The van der Waals surface area contributed by atoms with Crippen molar-refractivity contribution in [3.8, 4) is 5.75 Å². The summed E-state index contributed by atoms with van der Waals surface area (Å²) in [5, 5.41) is 0. The van der Waals surface area contributed by atoms with E-state index in [0.717, 1.165) is 51.3 Å². The lowest BCUT2D eigenvalue weighted by atomic mass is 10.1. The van der Waals surface area contributed by atoms with Crippen LogP contribution >= 0.6 is 0 Å². The molecule has 3 nitrogen and oxygen atoms in total. The molecule has 0 aromatic heterocycles. The Kier molecular flexibility index (Phi) is 6.09. The highest BCUT2D eigenvalue weighted by atomic mass is 16.5. The monoisotopic (exact) mass is 274 g/mol. The van der Waals surface area contributed by atoms with Crippen LogP contribution in [0.5, 0.6) is 5.75 Å². The van der Waals surface area contributed by atoms with E-state index in [1.54, 1.807) is 0 Å². The van der Waals surface area contributed by atoms with Gasteiger partial charge in [0.1, 0.15) is 5.75 Å². The minimum absolute atomic E-state index is 0.432. The van der Waals surface area contributed by atoms with Gasteiger partial charge in [-0.3, -0.25) is 4.90 Å². The normalized spacial score (nSPS) is 19.2. The molecule has 110 valence electrons. The standard InChI is InChI=1S/C17H26N2O/c1-15-7-6-9-17(13-15)20-12-5-4-11-19-10-3-2-8-16(19)14-18/h2,6-9,13,16H,3-5,10-12,14,18H2,1H3. The molecular formula is C17H26N2O. The third-order valence-corrected chi connectivity index (χ3v) is 3.75. The number of nitrogens with zero attached hydrogens (tertiary/aromatic N) is 1. The molecule has 20 heavy (non-hydrogen) atoms. The van der Waals surface area contributed by atoms with Crippen LogP contribution in [0.1, 0.15) is 24.8 Å². The highest BCUT2D eigenvalue weighted by Crippen LogP contribution is 2.13. The highest BCUT2D eigenvalue weighted by molar-refractivity contribution is 5.27. The van der Waals surface area contributed by atoms with Crippen LogP contribution in [0.25, 0.3) is 0 Å². The van der Waals surface area contributed by atoms with Gasteiger partial charge in [-0.25, -0.2) is 0 Å². The van der Waals surface area contributed by atoms with E-state index in [0.29, 0.717) is 6.04 Å². The summed E-state index contributed by atoms with van der Waals surface area (Å²) in [6, 6.07) is 8.66. The maximum atomic E-state index is 5.80. The van der Waals surface area contributed by atoms with Crippen molar-refractivity contribution in [3.05, 3.63) is 42.0 Å². The Hall–Kier alpha value is -1.32. The number of ether oxygens (including phenoxy) is 1. The highest BCUT2D eigenvalue weighted by Gasteiger charge is 2.15. The fourth-order valence-electron chi connectivity index (χ4n) is 2.60. The first-order valence-corrected chi connectivity index (χ1v) is 7.60. The van der Waals surface area contributed by atoms with E-state index in [4.69, 9.17) is 10.5 Å². The number of benzene rings is 1. The zero-order valence-corrected chi connectivity index (χ0v) is 12.4. The minimum Gasteiger partial charge on any atom is -0.494 e. The molecule has 0 aliphatic carbocycles. The molecule has 3 heteroatoms. The molecule has 0 radical (unpaired) electrons. The molecule has 1 aromatic carbocycles. The lowest BCUT2D eigenvalue weighted by molar-refractivity contribution is 0.213. The van der Waals surface area contributed by atoms with Crippen molar-refractivity contribution in [2.24, 2.45) is 5.73 Å². The van der Waals surface area contributed by atoms with Crippen molar-refractivity contribution in [1.82, 2.24) is 4.90 Å². The van der Waals surface area contributed by atoms with E-state index in [-0.39, 0.29) is 0 Å². The zero-order valence-electron chi connectivity index (χ0n) is 12.4. The zero-order chi connectivity index (χ0) is 14.2. The Balaban J connectivity index is 1.63. The number of hydrogen-bond acceptors (Lipinski definition) is 3. The molecular weight excluding hydrogens is 248 g/mol. The molecule has 2 rings (SSSR count). The minimum atomic E-state index is 0.432. The van der Waals surface area contributed by atoms with Gasteiger partial charge in [0, 0.05) is 19.1 Å². The predicted molar refractivity (Wildman–Crippen MR) is 84.1 cm³/mol. The van der Waals surface area contributed by atoms with Gasteiger partial charge in [0.05, 0.1) is 6.61 Å². The molecule has 0 amide bonds. The van der Waals surface area contributed by atoms with Crippen LogP contribution in [0.3, 0.4) is 0 Å². The van der Waals surface area contributed by atoms with Crippen molar-refractivity contribution < 1.29 is 4.74 Å². The average Bonchev–Trinajstić information content (AvgIpc) is 2.47. The summed E-state index contributed by atoms with van der Waals surface area (Å²) >= 11 is 0. The Morgan fingerprint density at radius 1 is 1.35 bits per heavy atom. The summed E-state index contributed by atoms with van der Waals surface area (Å²) in [6.45, 7) is 5.85. The molecule has 1 aliphatic rings. The number of hydrogen-bond donors (Lipinski definition) is 1. The number of rotatable bonds is 7. The van der Waals surface area contributed by atoms with Gasteiger partial charge in [0.2, 0.25) is 0 Å². The molecule has 0 saturated carbocycles. The first-order valence-electron chi connectivity index (χ1n) is 7.60. The summed E-state index contributed by atoms with van der Waals surface area (Å²) in [5.74, 6) is 0.978. The summed E-state index contributed by atoms with van der Waals surface area (Å²) in [6.07, 6.45) is 7.89. The number of nitrogens with two attached hydrogens (primary N) is 1. The Morgan fingerprint density at radius 3 is 3.05 bits per heavy atom. The lowest BCUT2D eigenvalue weighted by Gasteiger charge is -2.31. The van der Waals surface area contributed by atoms with Crippen LogP contribution in [0.15, 0.2) is 36.4 Å². The lowest BCUT2D eigenvalue weighted by Crippen LogP contribution is -2.42. The van der Waals surface area contributed by atoms with Gasteiger partial charge in [-0.1, -0.05) is 24.3 Å². The molecule has 1 heterocycles. The molecule has 2 N–H and O–H groups in total. The first-order chi connectivity index (χ1) is 9.79. The average molecular weight is 274 g/mol. The number of unbranched alkanes of at least 4 members (excludes halogenated alkanes) is 1. The number of aryl methyl sites for hydroxylation is 1. The van der Waals surface area contributed by atoms with Crippen molar-refractivity contribution in [3.63, 3.8) is 0 Å². The van der Waals surface area contributed by atoms with Crippen LogP contribution < -0.4 is 10.5 Å². The van der Waals surface area contributed by atoms with Crippen LogP contribution in [0, 0.1) is 6.92 Å². The van der Waals surface area contributed by atoms with E-state index < -0.39 is 0 Å². The molecule has 0 fully saturated rings. The third kappa shape index (κ3) is 4.66. The van der Waals surface area contributed by atoms with Crippen LogP contribution in [0.2, 0.25) is 0 Å². The summed E-state index contributed by atoms with van der Waals surface area (Å²) in [4.78, 5) is 2.48. The molecule has 1 aromatic rings. The summed E-state index contributed by atoms with van der Waals surface area (Å²) in [5.41, 5.74) is 7.04. The predicted octanol–water partition coefficient (Wildman–Crippen LogP) is 2.74. The van der Waals surface area contributed by atoms with E-state index in [1.165, 1.54) is 5.56 Å². The fraction of sp³-hybridized carbons (Fsp3) is 0.529. The van der Waals surface area contributed by atoms with Crippen LogP contribution in [-0.2, 0) is 0 Å². The quantitative estimate of drug-likeness (QED) is 0.614. The molecule has 1 unspecified atom stereocenters. The summed E-state index contributed by atoms with van der Waals surface area (Å²) < 4.78 is 5.77. The second kappa shape index (κ2) is 8.08. The largest absolute Gasteiger partial charge is 0.494 e. The van der Waals surface area contributed by atoms with Gasteiger partial charge >= 0.3 is 0 Å². The van der Waals surface area contributed by atoms with Gasteiger partial charge in [-0.2, -0.15) is 0 Å². The second-order valence-electron chi connectivity index (χ2n) is 5.43.